The molecule has 8 nitrogen and oxygen atoms in total. The van der Waals surface area contributed by atoms with Gasteiger partial charge in [-0.05, 0) is 42.0 Å². The van der Waals surface area contributed by atoms with Crippen molar-refractivity contribution < 1.29 is 23.8 Å². The number of benzene rings is 3. The molecule has 3 aromatic rings. The molecule has 0 aliphatic carbocycles. The second-order valence-corrected chi connectivity index (χ2v) is 8.04. The van der Waals surface area contributed by atoms with Crippen LogP contribution in [0.3, 0.4) is 0 Å². The van der Waals surface area contributed by atoms with Gasteiger partial charge in [0.2, 0.25) is 5.78 Å². The fourth-order valence-electron chi connectivity index (χ4n) is 3.83. The second kappa shape index (κ2) is 11.1. The van der Waals surface area contributed by atoms with E-state index >= 15 is 0 Å². The molecule has 1 aliphatic rings. The molecule has 0 spiro atoms. The Morgan fingerprint density at radius 1 is 0.778 bits per heavy atom. The lowest BCUT2D eigenvalue weighted by Crippen LogP contribution is -2.28. The minimum atomic E-state index is -0.716. The number of carbonyl (C=O) groups excluding carboxylic acids is 2. The summed E-state index contributed by atoms with van der Waals surface area (Å²) in [7, 11) is 3.56. The molecule has 182 valence electrons. The highest BCUT2D eigenvalue weighted by Gasteiger charge is 2.31. The first kappa shape index (κ1) is 24.4. The molecule has 0 aromatic heterocycles. The van der Waals surface area contributed by atoms with Crippen LogP contribution in [-0.2, 0) is 20.9 Å². The van der Waals surface area contributed by atoms with Gasteiger partial charge in [-0.2, -0.15) is 5.26 Å². The van der Waals surface area contributed by atoms with E-state index in [0.29, 0.717) is 23.9 Å². The normalized spacial score (nSPS) is 12.0. The molecular weight excluding hydrogens is 458 g/mol. The summed E-state index contributed by atoms with van der Waals surface area (Å²) in [5.41, 5.74) is 2.71. The number of hydrogen-bond donors (Lipinski definition) is 0. The Labute approximate surface area is 209 Å². The number of para-hydroxylation sites is 2. The van der Waals surface area contributed by atoms with Crippen molar-refractivity contribution in [1.29, 1.82) is 5.26 Å². The van der Waals surface area contributed by atoms with E-state index in [-0.39, 0.29) is 12.2 Å². The SMILES string of the molecule is CN1C(=C(C#N)C(=O)COC(=O)COc2ccc(OCc3ccccc3)cc2)N(C)c2ccccc21. The third kappa shape index (κ3) is 5.47. The van der Waals surface area contributed by atoms with Crippen LogP contribution in [0.5, 0.6) is 11.5 Å². The van der Waals surface area contributed by atoms with Gasteiger partial charge in [0, 0.05) is 14.1 Å². The number of rotatable bonds is 9. The topological polar surface area (TPSA) is 92.1 Å². The van der Waals surface area contributed by atoms with Crippen molar-refractivity contribution in [3.05, 3.63) is 95.8 Å². The minimum absolute atomic E-state index is 0.0870. The third-order valence-electron chi connectivity index (χ3n) is 5.65. The number of Topliss-reactive ketones (excluding diaryl/α,β-unsaturated/α-hetero) is 1. The van der Waals surface area contributed by atoms with Gasteiger partial charge >= 0.3 is 5.97 Å². The maximum atomic E-state index is 12.7. The van der Waals surface area contributed by atoms with Crippen molar-refractivity contribution in [3.8, 4) is 17.6 Å². The van der Waals surface area contributed by atoms with E-state index in [1.54, 1.807) is 48.2 Å². The highest BCUT2D eigenvalue weighted by molar-refractivity contribution is 6.03. The number of fused-ring (bicyclic) bond motifs is 1. The zero-order valence-corrected chi connectivity index (χ0v) is 20.0. The van der Waals surface area contributed by atoms with Crippen LogP contribution in [0.1, 0.15) is 5.56 Å². The van der Waals surface area contributed by atoms with Gasteiger partial charge in [-0.1, -0.05) is 42.5 Å². The molecule has 1 aliphatic heterocycles. The summed E-state index contributed by atoms with van der Waals surface area (Å²) in [5.74, 6) is 0.252. The van der Waals surface area contributed by atoms with Crippen LogP contribution in [0.15, 0.2) is 90.3 Å². The molecule has 0 unspecified atom stereocenters. The Kier molecular flexibility index (Phi) is 7.51. The van der Waals surface area contributed by atoms with Crippen LogP contribution in [0.2, 0.25) is 0 Å². The first-order valence-electron chi connectivity index (χ1n) is 11.3. The second-order valence-electron chi connectivity index (χ2n) is 8.04. The lowest BCUT2D eigenvalue weighted by Gasteiger charge is -2.19. The predicted molar refractivity (Wildman–Crippen MR) is 135 cm³/mol. The molecule has 1 heterocycles. The number of ether oxygens (including phenoxy) is 3. The standard InChI is InChI=1S/C28H25N3O5/c1-30-24-10-6-7-11-25(24)31(2)28(30)23(16-29)26(32)18-36-27(33)19-35-22-14-12-21(13-15-22)34-17-20-8-4-3-5-9-20/h3-15H,17-19H2,1-2H3. The fraction of sp³-hybridized carbons (Fsp3) is 0.179. The summed E-state index contributed by atoms with van der Waals surface area (Å²) < 4.78 is 16.2. The Balaban J connectivity index is 1.27. The smallest absolute Gasteiger partial charge is 0.344 e. The fourth-order valence-corrected chi connectivity index (χ4v) is 3.83. The molecule has 0 amide bonds. The molecule has 4 rings (SSSR count). The number of esters is 1. The van der Waals surface area contributed by atoms with Gasteiger partial charge in [-0.3, -0.25) is 4.79 Å². The third-order valence-corrected chi connectivity index (χ3v) is 5.65. The Bertz CT molecular complexity index is 1280. The summed E-state index contributed by atoms with van der Waals surface area (Å²) in [6.07, 6.45) is 0. The maximum absolute atomic E-state index is 12.7. The first-order valence-corrected chi connectivity index (χ1v) is 11.3. The van der Waals surface area contributed by atoms with Crippen LogP contribution in [0.4, 0.5) is 11.4 Å². The summed E-state index contributed by atoms with van der Waals surface area (Å²) in [4.78, 5) is 28.4. The van der Waals surface area contributed by atoms with E-state index < -0.39 is 18.4 Å². The lowest BCUT2D eigenvalue weighted by atomic mass is 10.2. The number of carbonyl (C=O) groups is 2. The van der Waals surface area contributed by atoms with Gasteiger partial charge in [-0.15, -0.1) is 0 Å². The van der Waals surface area contributed by atoms with Gasteiger partial charge in [0.05, 0.1) is 11.4 Å². The molecule has 0 N–H and O–H groups in total. The summed E-state index contributed by atoms with van der Waals surface area (Å²) in [6.45, 7) is -0.486. The minimum Gasteiger partial charge on any atom is -0.489 e. The van der Waals surface area contributed by atoms with Gasteiger partial charge in [0.15, 0.2) is 13.2 Å². The molecular formula is C28H25N3O5. The molecule has 0 radical (unpaired) electrons. The highest BCUT2D eigenvalue weighted by Crippen LogP contribution is 2.40. The van der Waals surface area contributed by atoms with Crippen molar-refractivity contribution in [1.82, 2.24) is 0 Å². The van der Waals surface area contributed by atoms with E-state index in [9.17, 15) is 14.9 Å². The maximum Gasteiger partial charge on any atom is 0.344 e. The Morgan fingerprint density at radius 2 is 1.33 bits per heavy atom. The molecule has 36 heavy (non-hydrogen) atoms. The molecule has 3 aromatic carbocycles. The summed E-state index contributed by atoms with van der Waals surface area (Å²) in [5, 5.41) is 9.66. The van der Waals surface area contributed by atoms with E-state index in [2.05, 4.69) is 0 Å². The quantitative estimate of drug-likeness (QED) is 0.255. The lowest BCUT2D eigenvalue weighted by molar-refractivity contribution is -0.149. The van der Waals surface area contributed by atoms with Crippen molar-refractivity contribution in [3.63, 3.8) is 0 Å². The molecule has 0 atom stereocenters. The zero-order chi connectivity index (χ0) is 25.5. The Morgan fingerprint density at radius 3 is 1.92 bits per heavy atom. The first-order chi connectivity index (χ1) is 17.5. The Hall–Kier alpha value is -4.77. The van der Waals surface area contributed by atoms with E-state index in [0.717, 1.165) is 16.9 Å². The van der Waals surface area contributed by atoms with E-state index in [1.165, 1.54) is 0 Å². The van der Waals surface area contributed by atoms with Gasteiger partial charge in [-0.25, -0.2) is 4.79 Å². The molecule has 0 fully saturated rings. The average Bonchev–Trinajstić information content (AvgIpc) is 3.16. The van der Waals surface area contributed by atoms with E-state index in [1.807, 2.05) is 60.7 Å². The average molecular weight is 484 g/mol. The number of nitriles is 1. The van der Waals surface area contributed by atoms with Crippen LogP contribution in [0.25, 0.3) is 0 Å². The van der Waals surface area contributed by atoms with Crippen LogP contribution >= 0.6 is 0 Å². The molecule has 0 bridgehead atoms. The molecule has 0 saturated carbocycles. The molecule has 8 heteroatoms. The highest BCUT2D eigenvalue weighted by atomic mass is 16.6. The van der Waals surface area contributed by atoms with E-state index in [4.69, 9.17) is 14.2 Å². The number of nitrogens with zero attached hydrogens (tertiary/aromatic N) is 3. The monoisotopic (exact) mass is 483 g/mol. The van der Waals surface area contributed by atoms with Crippen molar-refractivity contribution in [2.24, 2.45) is 0 Å². The zero-order valence-electron chi connectivity index (χ0n) is 20.0. The van der Waals surface area contributed by atoms with Crippen LogP contribution in [-0.4, -0.2) is 39.1 Å². The number of anilines is 2. The van der Waals surface area contributed by atoms with Gasteiger partial charge in [0.25, 0.3) is 0 Å². The van der Waals surface area contributed by atoms with Gasteiger partial charge < -0.3 is 24.0 Å². The van der Waals surface area contributed by atoms with Crippen molar-refractivity contribution in [2.45, 2.75) is 6.61 Å². The van der Waals surface area contributed by atoms with Crippen LogP contribution in [0, 0.1) is 11.3 Å². The number of ketones is 1. The molecule has 0 saturated heterocycles. The number of hydrogen-bond acceptors (Lipinski definition) is 8. The van der Waals surface area contributed by atoms with Gasteiger partial charge in [0.1, 0.15) is 35.6 Å². The summed E-state index contributed by atoms with van der Waals surface area (Å²) >= 11 is 0. The largest absolute Gasteiger partial charge is 0.489 e. The summed E-state index contributed by atoms with van der Waals surface area (Å²) in [6, 6.07) is 26.2. The van der Waals surface area contributed by atoms with Crippen molar-refractivity contribution in [2.75, 3.05) is 37.1 Å². The predicted octanol–water partition coefficient (Wildman–Crippen LogP) is 4.08. The van der Waals surface area contributed by atoms with Crippen LogP contribution < -0.4 is 19.3 Å². The van der Waals surface area contributed by atoms with Crippen molar-refractivity contribution >= 4 is 23.1 Å².